The van der Waals surface area contributed by atoms with E-state index in [1.807, 2.05) is 20.0 Å². The van der Waals surface area contributed by atoms with Gasteiger partial charge in [0, 0.05) is 24.5 Å². The molecule has 0 bridgehead atoms. The number of amides is 1. The monoisotopic (exact) mass is 448 g/mol. The van der Waals surface area contributed by atoms with Crippen molar-refractivity contribution < 1.29 is 9.90 Å². The third-order valence-corrected chi connectivity index (χ3v) is 7.07. The number of aliphatic hydroxyl groups is 1. The van der Waals surface area contributed by atoms with Crippen molar-refractivity contribution in [2.24, 2.45) is 18.9 Å². The number of carbonyl (C=O) groups excluding carboxylic acids is 1. The summed E-state index contributed by atoms with van der Waals surface area (Å²) in [6, 6.07) is 5.41. The molecule has 3 aromatic rings. The van der Waals surface area contributed by atoms with Gasteiger partial charge in [-0.2, -0.15) is 5.10 Å². The minimum absolute atomic E-state index is 0.144. The summed E-state index contributed by atoms with van der Waals surface area (Å²) in [6.07, 6.45) is 7.36. The maximum Gasteiger partial charge on any atom is 0.276 e. The van der Waals surface area contributed by atoms with Gasteiger partial charge in [0.1, 0.15) is 0 Å². The number of carbonyl (C=O) groups is 1. The van der Waals surface area contributed by atoms with Crippen LogP contribution < -0.4 is 11.1 Å². The molecule has 4 atom stereocenters. The Bertz CT molecular complexity index is 1150. The lowest BCUT2D eigenvalue weighted by Gasteiger charge is -2.38. The summed E-state index contributed by atoms with van der Waals surface area (Å²) in [7, 11) is 1.86. The number of aryl methyl sites for hydroxylation is 1. The molecule has 0 aliphatic heterocycles. The molecule has 174 valence electrons. The fourth-order valence-corrected chi connectivity index (χ4v) is 5.09. The highest BCUT2D eigenvalue weighted by molar-refractivity contribution is 6.06. The highest BCUT2D eigenvalue weighted by Crippen LogP contribution is 2.42. The van der Waals surface area contributed by atoms with E-state index in [1.165, 1.54) is 0 Å². The van der Waals surface area contributed by atoms with Crippen LogP contribution >= 0.6 is 0 Å². The molecule has 1 aliphatic rings. The molecule has 0 radical (unpaired) electrons. The molecule has 0 spiro atoms. The van der Waals surface area contributed by atoms with Gasteiger partial charge >= 0.3 is 0 Å². The number of anilines is 2. The highest BCUT2D eigenvalue weighted by atomic mass is 16.3. The van der Waals surface area contributed by atoms with E-state index in [1.54, 1.807) is 35.4 Å². The number of hydrogen-bond donors (Lipinski definition) is 3. The summed E-state index contributed by atoms with van der Waals surface area (Å²) in [6.45, 7) is 6.27. The van der Waals surface area contributed by atoms with Gasteiger partial charge in [-0.15, -0.1) is 0 Å². The quantitative estimate of drug-likeness (QED) is 0.544. The lowest BCUT2D eigenvalue weighted by atomic mass is 9.70. The van der Waals surface area contributed by atoms with Crippen molar-refractivity contribution in [3.63, 3.8) is 0 Å². The highest BCUT2D eigenvalue weighted by Gasteiger charge is 2.35. The average Bonchev–Trinajstić information content (AvgIpc) is 3.12. The van der Waals surface area contributed by atoms with Crippen molar-refractivity contribution in [3.8, 4) is 11.3 Å². The average molecular weight is 449 g/mol. The van der Waals surface area contributed by atoms with Crippen LogP contribution in [0.2, 0.25) is 0 Å². The number of pyridine rings is 2. The number of aliphatic hydroxyl groups excluding tert-OH is 1. The minimum atomic E-state index is -0.388. The molecular formula is C25H32N6O2. The zero-order valence-electron chi connectivity index (χ0n) is 19.6. The van der Waals surface area contributed by atoms with E-state index in [0.29, 0.717) is 35.3 Å². The maximum atomic E-state index is 13.2. The second-order valence-corrected chi connectivity index (χ2v) is 9.10. The molecule has 4 N–H and O–H groups in total. The lowest BCUT2D eigenvalue weighted by molar-refractivity contribution is 0.0267. The number of hydrogen-bond acceptors (Lipinski definition) is 6. The molecule has 8 nitrogen and oxygen atoms in total. The van der Waals surface area contributed by atoms with Gasteiger partial charge in [0.2, 0.25) is 0 Å². The van der Waals surface area contributed by atoms with Crippen molar-refractivity contribution in [1.82, 2.24) is 19.7 Å². The molecule has 1 amide bonds. The number of aromatic nitrogens is 4. The van der Waals surface area contributed by atoms with Crippen LogP contribution in [-0.4, -0.2) is 36.9 Å². The molecule has 0 aromatic carbocycles. The van der Waals surface area contributed by atoms with Crippen LogP contribution in [0.15, 0.2) is 36.8 Å². The van der Waals surface area contributed by atoms with Gasteiger partial charge in [-0.1, -0.05) is 20.3 Å². The normalized spacial score (nSPS) is 22.8. The van der Waals surface area contributed by atoms with E-state index in [0.717, 1.165) is 29.7 Å². The molecule has 4 rings (SSSR count). The molecule has 8 heteroatoms. The van der Waals surface area contributed by atoms with Gasteiger partial charge < -0.3 is 16.2 Å². The molecule has 1 fully saturated rings. The Morgan fingerprint density at radius 2 is 2.06 bits per heavy atom. The first-order chi connectivity index (χ1) is 15.8. The molecule has 3 heterocycles. The fraction of sp³-hybridized carbons (Fsp3) is 0.440. The number of nitrogens with zero attached hydrogens (tertiary/aromatic N) is 4. The van der Waals surface area contributed by atoms with Crippen molar-refractivity contribution in [2.75, 3.05) is 11.1 Å². The van der Waals surface area contributed by atoms with E-state index < -0.39 is 0 Å². The number of rotatable bonds is 5. The largest absolute Gasteiger partial charge is 0.397 e. The lowest BCUT2D eigenvalue weighted by Crippen LogP contribution is -2.34. The first-order valence-corrected chi connectivity index (χ1v) is 11.5. The Labute approximate surface area is 194 Å². The van der Waals surface area contributed by atoms with Crippen molar-refractivity contribution in [2.45, 2.75) is 52.1 Å². The number of nitrogens with one attached hydrogen (secondary N) is 1. The van der Waals surface area contributed by atoms with Gasteiger partial charge in [-0.25, -0.2) is 4.98 Å². The van der Waals surface area contributed by atoms with Crippen LogP contribution in [0.4, 0.5) is 11.4 Å². The van der Waals surface area contributed by atoms with Gasteiger partial charge in [0.05, 0.1) is 35.6 Å². The maximum absolute atomic E-state index is 13.2. The van der Waals surface area contributed by atoms with Gasteiger partial charge in [0.15, 0.2) is 5.69 Å². The van der Waals surface area contributed by atoms with Gasteiger partial charge in [-0.3, -0.25) is 14.5 Å². The summed E-state index contributed by atoms with van der Waals surface area (Å²) in [5.74, 6) is 0.466. The summed E-state index contributed by atoms with van der Waals surface area (Å²) in [5, 5.41) is 17.9. The molecule has 0 saturated heterocycles. The number of nitrogen functional groups attached to an aromatic ring is 1. The third kappa shape index (κ3) is 4.48. The van der Waals surface area contributed by atoms with E-state index in [9.17, 15) is 9.90 Å². The van der Waals surface area contributed by atoms with Crippen LogP contribution in [0.5, 0.6) is 0 Å². The minimum Gasteiger partial charge on any atom is -0.397 e. The van der Waals surface area contributed by atoms with Gasteiger partial charge in [-0.05, 0) is 61.3 Å². The van der Waals surface area contributed by atoms with E-state index >= 15 is 0 Å². The smallest absolute Gasteiger partial charge is 0.276 e. The van der Waals surface area contributed by atoms with E-state index in [2.05, 4.69) is 34.2 Å². The van der Waals surface area contributed by atoms with Crippen LogP contribution in [0.25, 0.3) is 11.3 Å². The third-order valence-electron chi connectivity index (χ3n) is 7.07. The zero-order valence-corrected chi connectivity index (χ0v) is 19.6. The van der Waals surface area contributed by atoms with Crippen molar-refractivity contribution >= 4 is 17.3 Å². The van der Waals surface area contributed by atoms with Crippen LogP contribution in [-0.2, 0) is 7.05 Å². The topological polar surface area (TPSA) is 119 Å². The van der Waals surface area contributed by atoms with E-state index in [4.69, 9.17) is 5.73 Å². The predicted octanol–water partition coefficient (Wildman–Crippen LogP) is 3.92. The first kappa shape index (κ1) is 22.9. The van der Waals surface area contributed by atoms with Crippen LogP contribution in [0.3, 0.4) is 0 Å². The SMILES string of the molecule is CCC1C(C)CC(c2ccncc2NC(=O)c2nc(-c3cnn(C)c3C)ccc2N)CC1O. The Morgan fingerprint density at radius 1 is 1.27 bits per heavy atom. The molecule has 4 unspecified atom stereocenters. The standard InChI is InChI=1S/C25H32N6O2/c1-5-17-14(2)10-16(11-23(17)32)18-8-9-27-13-22(18)30-25(33)24-20(26)6-7-21(29-24)19-12-28-31(4)15(19)3/h6-9,12-14,16-17,23,32H,5,10-11,26H2,1-4H3,(H,30,33). The second kappa shape index (κ2) is 9.31. The first-order valence-electron chi connectivity index (χ1n) is 11.5. The fourth-order valence-electron chi connectivity index (χ4n) is 5.09. The van der Waals surface area contributed by atoms with Crippen LogP contribution in [0, 0.1) is 18.8 Å². The van der Waals surface area contributed by atoms with Crippen LogP contribution in [0.1, 0.15) is 60.8 Å². The molecule has 1 aliphatic carbocycles. The summed E-state index contributed by atoms with van der Waals surface area (Å²) in [5.41, 5.74) is 10.6. The molecule has 33 heavy (non-hydrogen) atoms. The zero-order chi connectivity index (χ0) is 23.7. The molecular weight excluding hydrogens is 416 g/mol. The molecule has 1 saturated carbocycles. The number of nitrogens with two attached hydrogens (primary N) is 1. The van der Waals surface area contributed by atoms with Gasteiger partial charge in [0.25, 0.3) is 5.91 Å². The molecule has 3 aromatic heterocycles. The van der Waals surface area contributed by atoms with E-state index in [-0.39, 0.29) is 23.6 Å². The second-order valence-electron chi connectivity index (χ2n) is 9.10. The Kier molecular flexibility index (Phi) is 6.47. The Balaban J connectivity index is 1.60. The summed E-state index contributed by atoms with van der Waals surface area (Å²) in [4.78, 5) is 22.0. The predicted molar refractivity (Wildman–Crippen MR) is 129 cm³/mol. The summed E-state index contributed by atoms with van der Waals surface area (Å²) < 4.78 is 1.76. The van der Waals surface area contributed by atoms with Crippen molar-refractivity contribution in [3.05, 3.63) is 53.7 Å². The Morgan fingerprint density at radius 3 is 2.73 bits per heavy atom. The van der Waals surface area contributed by atoms with Crippen molar-refractivity contribution in [1.29, 1.82) is 0 Å². The Hall–Kier alpha value is -3.26. The summed E-state index contributed by atoms with van der Waals surface area (Å²) >= 11 is 0.